The van der Waals surface area contributed by atoms with Crippen molar-refractivity contribution in [3.8, 4) is 0 Å². The number of rotatable bonds is 8. The van der Waals surface area contributed by atoms with Crippen molar-refractivity contribution in [1.29, 1.82) is 0 Å². The molecule has 146 valence electrons. The van der Waals surface area contributed by atoms with Crippen LogP contribution in [0, 0.1) is 0 Å². The van der Waals surface area contributed by atoms with Crippen LogP contribution < -0.4 is 0 Å². The highest BCUT2D eigenvalue weighted by atomic mass is 79.9. The number of thioether (sulfide) groups is 1. The van der Waals surface area contributed by atoms with Crippen molar-refractivity contribution >= 4 is 37.5 Å². The molecule has 1 fully saturated rings. The lowest BCUT2D eigenvalue weighted by atomic mass is 10.2. The van der Waals surface area contributed by atoms with Gasteiger partial charge in [-0.05, 0) is 42.7 Å². The van der Waals surface area contributed by atoms with E-state index in [1.807, 2.05) is 18.2 Å². The van der Waals surface area contributed by atoms with Gasteiger partial charge in [-0.15, -0.1) is 10.2 Å². The average Bonchev–Trinajstić information content (AvgIpc) is 3.46. The standard InChI is InChI=1S/C20H20BrN3O2S2/c21-17-8-10-18(11-9-17)28(25,26)13-12-27-20-23-22-19(16-6-7-16)24(20)14-15-4-2-1-3-5-15/h1-5,8-11,16H,6-7,12-14H2. The van der Waals surface area contributed by atoms with E-state index in [2.05, 4.69) is 42.8 Å². The molecule has 0 spiro atoms. The molecule has 28 heavy (non-hydrogen) atoms. The van der Waals surface area contributed by atoms with Crippen LogP contribution in [0.3, 0.4) is 0 Å². The average molecular weight is 478 g/mol. The monoisotopic (exact) mass is 477 g/mol. The highest BCUT2D eigenvalue weighted by Gasteiger charge is 2.30. The third kappa shape index (κ3) is 4.67. The van der Waals surface area contributed by atoms with Crippen molar-refractivity contribution in [2.45, 2.75) is 35.4 Å². The molecule has 1 saturated carbocycles. The second kappa shape index (κ2) is 8.39. The van der Waals surface area contributed by atoms with E-state index in [1.165, 1.54) is 17.3 Å². The van der Waals surface area contributed by atoms with E-state index >= 15 is 0 Å². The molecule has 0 amide bonds. The number of aromatic nitrogens is 3. The largest absolute Gasteiger partial charge is 0.301 e. The highest BCUT2D eigenvalue weighted by Crippen LogP contribution is 2.40. The van der Waals surface area contributed by atoms with Crippen LogP contribution in [0.15, 0.2) is 69.1 Å². The number of hydrogen-bond acceptors (Lipinski definition) is 5. The maximum Gasteiger partial charge on any atom is 0.191 e. The van der Waals surface area contributed by atoms with E-state index in [1.54, 1.807) is 24.3 Å². The zero-order valence-corrected chi connectivity index (χ0v) is 18.4. The van der Waals surface area contributed by atoms with Gasteiger partial charge in [-0.3, -0.25) is 0 Å². The Labute approximate surface area is 177 Å². The normalized spacial score (nSPS) is 14.3. The zero-order valence-electron chi connectivity index (χ0n) is 15.2. The molecule has 3 aromatic rings. The molecule has 5 nitrogen and oxygen atoms in total. The van der Waals surface area contributed by atoms with Crippen molar-refractivity contribution in [3.05, 3.63) is 70.5 Å². The molecule has 0 atom stereocenters. The molecule has 0 unspecified atom stereocenters. The maximum atomic E-state index is 12.6. The minimum atomic E-state index is -3.32. The van der Waals surface area contributed by atoms with Crippen molar-refractivity contribution < 1.29 is 8.42 Å². The fourth-order valence-electron chi connectivity index (χ4n) is 2.97. The quantitative estimate of drug-likeness (QED) is 0.445. The van der Waals surface area contributed by atoms with Gasteiger partial charge in [-0.25, -0.2) is 8.42 Å². The summed E-state index contributed by atoms with van der Waals surface area (Å²) in [7, 11) is -3.32. The van der Waals surface area contributed by atoms with Crippen molar-refractivity contribution in [2.75, 3.05) is 11.5 Å². The molecule has 1 aromatic heterocycles. The van der Waals surface area contributed by atoms with E-state index in [-0.39, 0.29) is 5.75 Å². The van der Waals surface area contributed by atoms with Crippen LogP contribution in [0.1, 0.15) is 30.1 Å². The SMILES string of the molecule is O=S(=O)(CCSc1nnc(C2CC2)n1Cc1ccccc1)c1ccc(Br)cc1. The minimum absolute atomic E-state index is 0.0657. The molecule has 0 radical (unpaired) electrons. The predicted molar refractivity (Wildman–Crippen MR) is 114 cm³/mol. The number of benzene rings is 2. The Kier molecular flexibility index (Phi) is 5.89. The first-order valence-electron chi connectivity index (χ1n) is 9.11. The van der Waals surface area contributed by atoms with Crippen LogP contribution in [0.25, 0.3) is 0 Å². The van der Waals surface area contributed by atoms with Crippen LogP contribution in [0.2, 0.25) is 0 Å². The lowest BCUT2D eigenvalue weighted by molar-refractivity contribution is 0.597. The Morgan fingerprint density at radius 2 is 1.75 bits per heavy atom. The highest BCUT2D eigenvalue weighted by molar-refractivity contribution is 9.10. The first kappa shape index (κ1) is 19.7. The molecular formula is C20H20BrN3O2S2. The summed E-state index contributed by atoms with van der Waals surface area (Å²) in [6.07, 6.45) is 2.30. The zero-order chi connectivity index (χ0) is 19.6. The summed E-state index contributed by atoms with van der Waals surface area (Å²) in [4.78, 5) is 0.348. The van der Waals surface area contributed by atoms with Gasteiger partial charge in [0, 0.05) is 16.1 Å². The van der Waals surface area contributed by atoms with Gasteiger partial charge in [0.1, 0.15) is 5.82 Å². The Bertz CT molecular complexity index is 1050. The van der Waals surface area contributed by atoms with Gasteiger partial charge >= 0.3 is 0 Å². The van der Waals surface area contributed by atoms with Crippen LogP contribution in [0.4, 0.5) is 0 Å². The molecule has 0 saturated heterocycles. The third-order valence-corrected chi connectivity index (χ3v) is 8.11. The van der Waals surface area contributed by atoms with Gasteiger partial charge in [-0.2, -0.15) is 0 Å². The maximum absolute atomic E-state index is 12.6. The van der Waals surface area contributed by atoms with Crippen LogP contribution in [-0.4, -0.2) is 34.7 Å². The summed E-state index contributed by atoms with van der Waals surface area (Å²) < 4.78 is 28.1. The molecule has 1 aliphatic rings. The van der Waals surface area contributed by atoms with Crippen molar-refractivity contribution in [1.82, 2.24) is 14.8 Å². The molecule has 4 rings (SSSR count). The van der Waals surface area contributed by atoms with E-state index in [9.17, 15) is 8.42 Å². The smallest absolute Gasteiger partial charge is 0.191 e. The fourth-order valence-corrected chi connectivity index (χ4v) is 5.82. The van der Waals surface area contributed by atoms with Gasteiger partial charge < -0.3 is 4.57 Å². The molecule has 0 aliphatic heterocycles. The summed E-state index contributed by atoms with van der Waals surface area (Å²) in [5.74, 6) is 2.01. The molecule has 0 N–H and O–H groups in total. The Morgan fingerprint density at radius 3 is 2.43 bits per heavy atom. The predicted octanol–water partition coefficient (Wildman–Crippen LogP) is 4.53. The minimum Gasteiger partial charge on any atom is -0.301 e. The van der Waals surface area contributed by atoms with Crippen molar-refractivity contribution in [3.63, 3.8) is 0 Å². The van der Waals surface area contributed by atoms with Gasteiger partial charge in [0.05, 0.1) is 17.2 Å². The second-order valence-electron chi connectivity index (χ2n) is 6.81. The van der Waals surface area contributed by atoms with E-state index < -0.39 is 9.84 Å². The van der Waals surface area contributed by atoms with Gasteiger partial charge in [0.25, 0.3) is 0 Å². The Hall–Kier alpha value is -1.64. The van der Waals surface area contributed by atoms with E-state index in [0.29, 0.717) is 23.1 Å². The van der Waals surface area contributed by atoms with Crippen LogP contribution in [-0.2, 0) is 16.4 Å². The molecule has 8 heteroatoms. The summed E-state index contributed by atoms with van der Waals surface area (Å²) >= 11 is 4.79. The fraction of sp³-hybridized carbons (Fsp3) is 0.300. The topological polar surface area (TPSA) is 64.8 Å². The van der Waals surface area contributed by atoms with Crippen molar-refractivity contribution in [2.24, 2.45) is 0 Å². The van der Waals surface area contributed by atoms with Gasteiger partial charge in [-0.1, -0.05) is 58.0 Å². The first-order valence-corrected chi connectivity index (χ1v) is 12.5. The number of nitrogens with zero attached hydrogens (tertiary/aromatic N) is 3. The lowest BCUT2D eigenvalue weighted by Gasteiger charge is -2.10. The van der Waals surface area contributed by atoms with Crippen LogP contribution >= 0.6 is 27.7 Å². The van der Waals surface area contributed by atoms with Gasteiger partial charge in [0.15, 0.2) is 15.0 Å². The van der Waals surface area contributed by atoms with E-state index in [4.69, 9.17) is 0 Å². The summed E-state index contributed by atoms with van der Waals surface area (Å²) in [5.41, 5.74) is 1.19. The number of hydrogen-bond donors (Lipinski definition) is 0. The summed E-state index contributed by atoms with van der Waals surface area (Å²) in [5, 5.41) is 9.54. The molecular weight excluding hydrogens is 458 g/mol. The first-order chi connectivity index (χ1) is 13.5. The Balaban J connectivity index is 1.47. The second-order valence-corrected chi connectivity index (χ2v) is 10.9. The summed E-state index contributed by atoms with van der Waals surface area (Å²) in [6.45, 7) is 0.710. The number of sulfone groups is 1. The molecule has 1 aliphatic carbocycles. The van der Waals surface area contributed by atoms with E-state index in [0.717, 1.165) is 28.3 Å². The Morgan fingerprint density at radius 1 is 1.04 bits per heavy atom. The molecule has 1 heterocycles. The third-order valence-electron chi connectivity index (χ3n) is 4.63. The van der Waals surface area contributed by atoms with Gasteiger partial charge in [0.2, 0.25) is 0 Å². The molecule has 2 aromatic carbocycles. The lowest BCUT2D eigenvalue weighted by Crippen LogP contribution is -2.10. The molecule has 0 bridgehead atoms. The van der Waals surface area contributed by atoms with Crippen LogP contribution in [0.5, 0.6) is 0 Å². The number of halogens is 1. The summed E-state index contributed by atoms with van der Waals surface area (Å²) in [6, 6.07) is 17.0.